The van der Waals surface area contributed by atoms with Gasteiger partial charge in [-0.3, -0.25) is 0 Å². The zero-order valence-electron chi connectivity index (χ0n) is 14.9. The van der Waals surface area contributed by atoms with Gasteiger partial charge in [0.1, 0.15) is 5.01 Å². The van der Waals surface area contributed by atoms with Crippen LogP contribution in [0.5, 0.6) is 0 Å². The Labute approximate surface area is 165 Å². The van der Waals surface area contributed by atoms with Crippen LogP contribution >= 0.6 is 11.3 Å². The summed E-state index contributed by atoms with van der Waals surface area (Å²) < 4.78 is 3.44. The maximum atomic E-state index is 4.68. The molecule has 0 spiro atoms. The van der Waals surface area contributed by atoms with E-state index in [0.717, 1.165) is 26.6 Å². The van der Waals surface area contributed by atoms with Crippen LogP contribution in [0.4, 0.5) is 0 Å². The molecule has 28 heavy (non-hydrogen) atoms. The SMILES string of the molecule is c1cnc2nc(-c3ccc(-n4c5ccccc5c5ccccc54)cc3)sc2c1. The van der Waals surface area contributed by atoms with Crippen molar-refractivity contribution in [3.8, 4) is 16.3 Å². The second-order valence-corrected chi connectivity index (χ2v) is 7.79. The number of aromatic nitrogens is 3. The quantitative estimate of drug-likeness (QED) is 0.347. The van der Waals surface area contributed by atoms with E-state index in [4.69, 9.17) is 0 Å². The number of benzene rings is 3. The summed E-state index contributed by atoms with van der Waals surface area (Å²) in [5.74, 6) is 0. The highest BCUT2D eigenvalue weighted by molar-refractivity contribution is 7.21. The first-order valence-corrected chi connectivity index (χ1v) is 10.0. The molecule has 0 N–H and O–H groups in total. The van der Waals surface area contributed by atoms with E-state index >= 15 is 0 Å². The van der Waals surface area contributed by atoms with Crippen LogP contribution in [0.2, 0.25) is 0 Å². The van der Waals surface area contributed by atoms with Gasteiger partial charge in [0.15, 0.2) is 5.65 Å². The minimum absolute atomic E-state index is 0.814. The highest BCUT2D eigenvalue weighted by Crippen LogP contribution is 2.33. The van der Waals surface area contributed by atoms with Gasteiger partial charge in [-0.2, -0.15) is 0 Å². The van der Waals surface area contributed by atoms with E-state index < -0.39 is 0 Å². The summed E-state index contributed by atoms with van der Waals surface area (Å²) in [5.41, 5.74) is 5.53. The van der Waals surface area contributed by atoms with Gasteiger partial charge in [-0.1, -0.05) is 36.4 Å². The molecule has 132 valence electrons. The monoisotopic (exact) mass is 377 g/mol. The van der Waals surface area contributed by atoms with Gasteiger partial charge in [-0.25, -0.2) is 9.97 Å². The van der Waals surface area contributed by atoms with Gasteiger partial charge in [-0.15, -0.1) is 11.3 Å². The second kappa shape index (κ2) is 6.01. The van der Waals surface area contributed by atoms with Crippen LogP contribution in [0.15, 0.2) is 91.1 Å². The topological polar surface area (TPSA) is 30.7 Å². The Bertz CT molecular complexity index is 1370. The molecule has 3 aromatic heterocycles. The molecule has 0 aliphatic rings. The number of pyridine rings is 1. The summed E-state index contributed by atoms with van der Waals surface area (Å²) in [7, 11) is 0. The third kappa shape index (κ3) is 2.28. The van der Waals surface area contributed by atoms with E-state index in [0.29, 0.717) is 0 Å². The van der Waals surface area contributed by atoms with Crippen LogP contribution in [0.1, 0.15) is 0 Å². The van der Waals surface area contributed by atoms with Crippen LogP contribution in [0.3, 0.4) is 0 Å². The molecule has 3 heterocycles. The molecule has 3 aromatic carbocycles. The van der Waals surface area contributed by atoms with Crippen LogP contribution in [-0.4, -0.2) is 14.5 Å². The van der Waals surface area contributed by atoms with Crippen molar-refractivity contribution in [2.45, 2.75) is 0 Å². The third-order valence-corrected chi connectivity index (χ3v) is 6.18. The van der Waals surface area contributed by atoms with Crippen molar-refractivity contribution in [3.05, 3.63) is 91.1 Å². The first-order valence-electron chi connectivity index (χ1n) is 9.19. The lowest BCUT2D eigenvalue weighted by atomic mass is 10.2. The Morgan fingerprint density at radius 3 is 2.04 bits per heavy atom. The van der Waals surface area contributed by atoms with Crippen LogP contribution < -0.4 is 0 Å². The van der Waals surface area contributed by atoms with Crippen molar-refractivity contribution in [1.29, 1.82) is 0 Å². The van der Waals surface area contributed by atoms with Gasteiger partial charge in [0.05, 0.1) is 15.7 Å². The molecule has 0 unspecified atom stereocenters. The van der Waals surface area contributed by atoms with Gasteiger partial charge in [-0.05, 0) is 48.5 Å². The normalized spacial score (nSPS) is 11.6. The molecule has 0 amide bonds. The Morgan fingerprint density at radius 1 is 0.679 bits per heavy atom. The smallest absolute Gasteiger partial charge is 0.170 e. The number of hydrogen-bond acceptors (Lipinski definition) is 3. The zero-order chi connectivity index (χ0) is 18.5. The van der Waals surface area contributed by atoms with Crippen molar-refractivity contribution in [3.63, 3.8) is 0 Å². The fourth-order valence-corrected chi connectivity index (χ4v) is 4.78. The van der Waals surface area contributed by atoms with Crippen molar-refractivity contribution >= 4 is 43.5 Å². The second-order valence-electron chi connectivity index (χ2n) is 6.76. The number of para-hydroxylation sites is 2. The summed E-state index contributed by atoms with van der Waals surface area (Å²) in [4.78, 5) is 9.02. The third-order valence-electron chi connectivity index (χ3n) is 5.12. The fourth-order valence-electron chi connectivity index (χ4n) is 3.85. The molecule has 0 bridgehead atoms. The lowest BCUT2D eigenvalue weighted by Crippen LogP contribution is -1.93. The van der Waals surface area contributed by atoms with Crippen LogP contribution in [0.25, 0.3) is 48.4 Å². The fraction of sp³-hybridized carbons (Fsp3) is 0. The summed E-state index contributed by atoms with van der Waals surface area (Å²) in [6.07, 6.45) is 1.79. The standard InChI is InChI=1S/C24H15N3S/c1-3-8-20-18(6-1)19-7-2-4-9-21(19)27(20)17-13-11-16(12-14-17)24-26-23-22(28-24)10-5-15-25-23/h1-15H. The van der Waals surface area contributed by atoms with E-state index in [1.165, 1.54) is 21.8 Å². The maximum absolute atomic E-state index is 4.68. The molecular weight excluding hydrogens is 362 g/mol. The van der Waals surface area contributed by atoms with Crippen molar-refractivity contribution in [2.75, 3.05) is 0 Å². The molecule has 0 saturated carbocycles. The van der Waals surface area contributed by atoms with Crippen LogP contribution in [0, 0.1) is 0 Å². The first-order chi connectivity index (χ1) is 13.9. The predicted molar refractivity (Wildman–Crippen MR) is 117 cm³/mol. The van der Waals surface area contributed by atoms with Gasteiger partial charge in [0.25, 0.3) is 0 Å². The molecule has 0 aliphatic carbocycles. The lowest BCUT2D eigenvalue weighted by molar-refractivity contribution is 1.18. The first kappa shape index (κ1) is 15.5. The van der Waals surface area contributed by atoms with Crippen LogP contribution in [-0.2, 0) is 0 Å². The number of hydrogen-bond donors (Lipinski definition) is 0. The Balaban J connectivity index is 1.52. The molecular formula is C24H15N3S. The summed E-state index contributed by atoms with van der Waals surface area (Å²) in [6, 6.07) is 29.8. The van der Waals surface area contributed by atoms with E-state index in [1.54, 1.807) is 17.5 Å². The molecule has 0 atom stereocenters. The minimum Gasteiger partial charge on any atom is -0.309 e. The largest absolute Gasteiger partial charge is 0.309 e. The van der Waals surface area contributed by atoms with Gasteiger partial charge in [0, 0.05) is 28.2 Å². The summed E-state index contributed by atoms with van der Waals surface area (Å²) in [5, 5.41) is 3.56. The Kier molecular flexibility index (Phi) is 3.34. The highest BCUT2D eigenvalue weighted by atomic mass is 32.1. The molecule has 0 aliphatic heterocycles. The molecule has 3 nitrogen and oxygen atoms in total. The van der Waals surface area contributed by atoms with E-state index in [-0.39, 0.29) is 0 Å². The molecule has 0 saturated heterocycles. The van der Waals surface area contributed by atoms with E-state index in [1.807, 2.05) is 6.07 Å². The maximum Gasteiger partial charge on any atom is 0.170 e. The number of rotatable bonds is 2. The summed E-state index contributed by atoms with van der Waals surface area (Å²) >= 11 is 1.68. The number of nitrogens with zero attached hydrogens (tertiary/aromatic N) is 3. The van der Waals surface area contributed by atoms with E-state index in [9.17, 15) is 0 Å². The average Bonchev–Trinajstić information content (AvgIpc) is 3.33. The van der Waals surface area contributed by atoms with Crippen molar-refractivity contribution in [1.82, 2.24) is 14.5 Å². The molecule has 0 fully saturated rings. The average molecular weight is 377 g/mol. The van der Waals surface area contributed by atoms with Crippen molar-refractivity contribution in [2.24, 2.45) is 0 Å². The van der Waals surface area contributed by atoms with Gasteiger partial charge in [0.2, 0.25) is 0 Å². The molecule has 6 rings (SSSR count). The molecule has 4 heteroatoms. The zero-order valence-corrected chi connectivity index (χ0v) is 15.7. The number of fused-ring (bicyclic) bond motifs is 4. The molecule has 0 radical (unpaired) electrons. The Hall–Kier alpha value is -3.50. The highest BCUT2D eigenvalue weighted by Gasteiger charge is 2.12. The van der Waals surface area contributed by atoms with Crippen molar-refractivity contribution < 1.29 is 0 Å². The van der Waals surface area contributed by atoms with Gasteiger partial charge >= 0.3 is 0 Å². The minimum atomic E-state index is 0.814. The van der Waals surface area contributed by atoms with Gasteiger partial charge < -0.3 is 4.57 Å². The lowest BCUT2D eigenvalue weighted by Gasteiger charge is -2.08. The predicted octanol–water partition coefficient (Wildman–Crippen LogP) is 6.46. The Morgan fingerprint density at radius 2 is 1.36 bits per heavy atom. The molecule has 6 aromatic rings. The summed E-state index contributed by atoms with van der Waals surface area (Å²) in [6.45, 7) is 0. The number of thiazole rings is 1. The van der Waals surface area contributed by atoms with E-state index in [2.05, 4.69) is 93.4 Å².